The van der Waals surface area contributed by atoms with Gasteiger partial charge in [0.2, 0.25) is 0 Å². The minimum atomic E-state index is -0.348. The van der Waals surface area contributed by atoms with Gasteiger partial charge in [0.1, 0.15) is 5.60 Å². The van der Waals surface area contributed by atoms with Crippen LogP contribution in [-0.4, -0.2) is 53.3 Å². The highest BCUT2D eigenvalue weighted by Crippen LogP contribution is 2.35. The Bertz CT molecular complexity index is 529. The fraction of sp³-hybridized carbons (Fsp3) is 0.688. The highest BCUT2D eigenvalue weighted by molar-refractivity contribution is 5.95. The van der Waals surface area contributed by atoms with Crippen LogP contribution in [0.2, 0.25) is 0 Å². The van der Waals surface area contributed by atoms with Crippen LogP contribution in [0.1, 0.15) is 42.7 Å². The first-order chi connectivity index (χ1) is 9.91. The molecule has 0 aliphatic carbocycles. The first-order valence-corrected chi connectivity index (χ1v) is 7.62. The van der Waals surface area contributed by atoms with Crippen LogP contribution >= 0.6 is 0 Å². The number of ether oxygens (including phenoxy) is 2. The van der Waals surface area contributed by atoms with E-state index in [0.29, 0.717) is 19.7 Å². The Balaban J connectivity index is 1.85. The van der Waals surface area contributed by atoms with Crippen LogP contribution < -0.4 is 0 Å². The van der Waals surface area contributed by atoms with Crippen molar-refractivity contribution in [2.45, 2.75) is 44.8 Å². The average molecular weight is 292 g/mol. The standard InChI is InChI=1S/C16H24N2O3/c1-12-13(5-7-17-12)14(19)18-9-15(2,3)21-16(10-18)6-4-8-20-11-16/h5,7,17H,4,6,8-11H2,1-3H3/t16-/m0/s1. The van der Waals surface area contributed by atoms with Gasteiger partial charge in [0.05, 0.1) is 24.3 Å². The van der Waals surface area contributed by atoms with Gasteiger partial charge >= 0.3 is 0 Å². The van der Waals surface area contributed by atoms with Gasteiger partial charge in [-0.15, -0.1) is 0 Å². The molecule has 5 heteroatoms. The van der Waals surface area contributed by atoms with Gasteiger partial charge < -0.3 is 19.4 Å². The third-order valence-electron chi connectivity index (χ3n) is 4.30. The molecule has 1 aromatic heterocycles. The highest BCUT2D eigenvalue weighted by Gasteiger charge is 2.47. The maximum atomic E-state index is 12.8. The van der Waals surface area contributed by atoms with E-state index in [1.54, 1.807) is 0 Å². The lowest BCUT2D eigenvalue weighted by atomic mass is 9.90. The number of hydrogen-bond acceptors (Lipinski definition) is 3. The molecule has 2 aliphatic heterocycles. The van der Waals surface area contributed by atoms with Gasteiger partial charge in [0.25, 0.3) is 5.91 Å². The first-order valence-electron chi connectivity index (χ1n) is 7.62. The second-order valence-electron chi connectivity index (χ2n) is 6.88. The lowest BCUT2D eigenvalue weighted by molar-refractivity contribution is -0.225. The molecule has 1 atom stereocenters. The zero-order valence-electron chi connectivity index (χ0n) is 13.1. The van der Waals surface area contributed by atoms with Gasteiger partial charge in [-0.2, -0.15) is 0 Å². The van der Waals surface area contributed by atoms with Gasteiger partial charge in [-0.05, 0) is 39.7 Å². The number of aryl methyl sites for hydroxylation is 1. The summed E-state index contributed by atoms with van der Waals surface area (Å²) in [5.41, 5.74) is 0.969. The summed E-state index contributed by atoms with van der Waals surface area (Å²) >= 11 is 0. The Morgan fingerprint density at radius 1 is 1.38 bits per heavy atom. The summed E-state index contributed by atoms with van der Waals surface area (Å²) in [6, 6.07) is 1.85. The number of carbonyl (C=O) groups excluding carboxylic acids is 1. The predicted octanol–water partition coefficient (Wildman–Crippen LogP) is 2.12. The monoisotopic (exact) mass is 292 g/mol. The van der Waals surface area contributed by atoms with E-state index >= 15 is 0 Å². The Hall–Kier alpha value is -1.33. The molecule has 0 bridgehead atoms. The van der Waals surface area contributed by atoms with E-state index < -0.39 is 0 Å². The van der Waals surface area contributed by atoms with Crippen molar-refractivity contribution < 1.29 is 14.3 Å². The summed E-state index contributed by atoms with van der Waals surface area (Å²) in [6.07, 6.45) is 3.75. The number of nitrogens with zero attached hydrogens (tertiary/aromatic N) is 1. The molecule has 0 unspecified atom stereocenters. The molecule has 1 amide bonds. The van der Waals surface area contributed by atoms with Crippen molar-refractivity contribution in [1.82, 2.24) is 9.88 Å². The number of aromatic amines is 1. The van der Waals surface area contributed by atoms with Crippen molar-refractivity contribution in [3.8, 4) is 0 Å². The summed E-state index contributed by atoms with van der Waals surface area (Å²) in [5.74, 6) is 0.0788. The van der Waals surface area contributed by atoms with Crippen LogP contribution in [0, 0.1) is 6.92 Å². The summed E-state index contributed by atoms with van der Waals surface area (Å²) in [6.45, 7) is 8.61. The molecular weight excluding hydrogens is 268 g/mol. The summed E-state index contributed by atoms with van der Waals surface area (Å²) in [7, 11) is 0. The average Bonchev–Trinajstić information content (AvgIpc) is 2.83. The fourth-order valence-electron chi connectivity index (χ4n) is 3.54. The molecule has 1 aromatic rings. The smallest absolute Gasteiger partial charge is 0.255 e. The summed E-state index contributed by atoms with van der Waals surface area (Å²) in [4.78, 5) is 17.8. The molecule has 2 fully saturated rings. The number of aromatic nitrogens is 1. The van der Waals surface area contributed by atoms with Gasteiger partial charge in [0, 0.05) is 25.0 Å². The van der Waals surface area contributed by atoms with Crippen molar-refractivity contribution in [3.63, 3.8) is 0 Å². The largest absolute Gasteiger partial charge is 0.378 e. The van der Waals surface area contributed by atoms with E-state index in [-0.39, 0.29) is 17.1 Å². The quantitative estimate of drug-likeness (QED) is 0.862. The summed E-state index contributed by atoms with van der Waals surface area (Å²) in [5, 5.41) is 0. The van der Waals surface area contributed by atoms with Crippen molar-refractivity contribution >= 4 is 5.91 Å². The minimum Gasteiger partial charge on any atom is -0.378 e. The third kappa shape index (κ3) is 2.85. The Morgan fingerprint density at radius 3 is 2.81 bits per heavy atom. The maximum absolute atomic E-state index is 12.8. The normalized spacial score (nSPS) is 28.8. The van der Waals surface area contributed by atoms with E-state index in [9.17, 15) is 4.79 Å². The number of rotatable bonds is 1. The molecule has 1 spiro atoms. The Labute approximate surface area is 125 Å². The minimum absolute atomic E-state index is 0.0788. The topological polar surface area (TPSA) is 54.6 Å². The number of amides is 1. The van der Waals surface area contributed by atoms with Crippen LogP contribution in [0.25, 0.3) is 0 Å². The van der Waals surface area contributed by atoms with E-state index in [1.165, 1.54) is 0 Å². The molecule has 2 aliphatic rings. The maximum Gasteiger partial charge on any atom is 0.255 e. The predicted molar refractivity (Wildman–Crippen MR) is 79.4 cm³/mol. The second kappa shape index (κ2) is 5.14. The van der Waals surface area contributed by atoms with Crippen molar-refractivity contribution in [3.05, 3.63) is 23.5 Å². The lowest BCUT2D eigenvalue weighted by Crippen LogP contribution is -2.63. The molecule has 0 aromatic carbocycles. The number of hydrogen-bond donors (Lipinski definition) is 1. The van der Waals surface area contributed by atoms with Crippen LogP contribution in [0.4, 0.5) is 0 Å². The SMILES string of the molecule is Cc1[nH]ccc1C(=O)N1CC(C)(C)O[C@@]2(CCCOC2)C1. The van der Waals surface area contributed by atoms with Gasteiger partial charge in [-0.1, -0.05) is 0 Å². The van der Waals surface area contributed by atoms with E-state index in [1.807, 2.05) is 37.9 Å². The number of carbonyl (C=O) groups is 1. The molecule has 5 nitrogen and oxygen atoms in total. The fourth-order valence-corrected chi connectivity index (χ4v) is 3.54. The number of H-pyrrole nitrogens is 1. The van der Waals surface area contributed by atoms with Crippen LogP contribution in [0.5, 0.6) is 0 Å². The molecule has 116 valence electrons. The molecule has 1 N–H and O–H groups in total. The van der Waals surface area contributed by atoms with Gasteiger partial charge in [-0.3, -0.25) is 4.79 Å². The van der Waals surface area contributed by atoms with Gasteiger partial charge in [0.15, 0.2) is 0 Å². The first kappa shape index (κ1) is 14.6. The zero-order chi connectivity index (χ0) is 15.1. The third-order valence-corrected chi connectivity index (χ3v) is 4.30. The lowest BCUT2D eigenvalue weighted by Gasteiger charge is -2.51. The van der Waals surface area contributed by atoms with Crippen LogP contribution in [0.3, 0.4) is 0 Å². The van der Waals surface area contributed by atoms with Crippen molar-refractivity contribution in [2.75, 3.05) is 26.3 Å². The molecule has 0 radical (unpaired) electrons. The summed E-state index contributed by atoms with van der Waals surface area (Å²) < 4.78 is 11.9. The van der Waals surface area contributed by atoms with E-state index in [4.69, 9.17) is 9.47 Å². The molecule has 0 saturated carbocycles. The van der Waals surface area contributed by atoms with Crippen LogP contribution in [-0.2, 0) is 9.47 Å². The zero-order valence-corrected chi connectivity index (χ0v) is 13.1. The molecule has 3 heterocycles. The second-order valence-corrected chi connectivity index (χ2v) is 6.88. The van der Waals surface area contributed by atoms with Crippen molar-refractivity contribution in [1.29, 1.82) is 0 Å². The van der Waals surface area contributed by atoms with Crippen LogP contribution in [0.15, 0.2) is 12.3 Å². The van der Waals surface area contributed by atoms with Crippen molar-refractivity contribution in [2.24, 2.45) is 0 Å². The van der Waals surface area contributed by atoms with Gasteiger partial charge in [-0.25, -0.2) is 0 Å². The highest BCUT2D eigenvalue weighted by atomic mass is 16.6. The number of morpholine rings is 1. The molecule has 3 rings (SSSR count). The molecule has 21 heavy (non-hydrogen) atoms. The number of nitrogens with one attached hydrogen (secondary N) is 1. The molecule has 2 saturated heterocycles. The Kier molecular flexibility index (Phi) is 3.58. The Morgan fingerprint density at radius 2 is 2.19 bits per heavy atom. The molecular formula is C16H24N2O3. The van der Waals surface area contributed by atoms with E-state index in [0.717, 1.165) is 30.7 Å². The van der Waals surface area contributed by atoms with E-state index in [2.05, 4.69) is 4.98 Å².